The van der Waals surface area contributed by atoms with Gasteiger partial charge in [0.05, 0.1) is 50.1 Å². The van der Waals surface area contributed by atoms with Crippen molar-refractivity contribution in [3.8, 4) is 34.4 Å². The number of piperidine rings is 1. The SMILES string of the molecule is COC(=O)N[C@H](C(=O)N1[C@@H]2CC2C[C@H]1c1ncc(-c2cccc(C#Cc3cccc(-c4cnc([C@@H]5C[C@H]6CC[C@H]6N5C(=O)[C@@H](NC(=O)OC)C5CCOCC5)[nH]4)c3)c2)[nH]1)C1CCOCC1. The van der Waals surface area contributed by atoms with Crippen LogP contribution in [0.5, 0.6) is 0 Å². The number of aromatic nitrogens is 4. The highest BCUT2D eigenvalue weighted by Gasteiger charge is 2.57. The van der Waals surface area contributed by atoms with E-state index in [9.17, 15) is 19.2 Å². The van der Waals surface area contributed by atoms with E-state index in [4.69, 9.17) is 28.9 Å². The standard InChI is InChI=1S/C49H56N8O8/c1-62-48(60)54-42(30-13-17-64-18-14-30)46(58)56-38-12-11-34(38)23-40(56)44-50-26-36(52-44)32-7-3-5-28(21-32)9-10-29-6-4-8-33(22-29)37-27-51-45(53-37)41-25-35-24-39(35)57(41)47(59)43(55-49(61)63-2)31-15-19-65-20-16-31/h3-8,21-22,26-27,30-31,34-35,38-43H,11-20,23-25H2,1-2H3,(H,50,52)(H,51,53)(H,54,60)(H,55,61)/t34-,35?,38-,39-,40+,41+,42+,43+/m1/s1. The number of nitrogens with zero attached hydrogens (tertiary/aromatic N) is 4. The Morgan fingerprint density at radius 3 is 1.58 bits per heavy atom. The molecule has 0 spiro atoms. The number of likely N-dealkylation sites (tertiary alicyclic amines) is 2. The molecular formula is C49H56N8O8. The lowest BCUT2D eigenvalue weighted by Gasteiger charge is -2.40. The molecule has 6 aliphatic rings. The molecule has 2 aromatic heterocycles. The lowest BCUT2D eigenvalue weighted by molar-refractivity contribution is -0.140. The maximum Gasteiger partial charge on any atom is 0.407 e. The summed E-state index contributed by atoms with van der Waals surface area (Å²) in [6.07, 6.45) is 9.78. The van der Waals surface area contributed by atoms with Crippen LogP contribution in [0.4, 0.5) is 9.59 Å². The van der Waals surface area contributed by atoms with E-state index < -0.39 is 24.3 Å². The van der Waals surface area contributed by atoms with Crippen LogP contribution in [0.15, 0.2) is 60.9 Å². The van der Waals surface area contributed by atoms with Crippen LogP contribution in [0.1, 0.15) is 92.6 Å². The summed E-state index contributed by atoms with van der Waals surface area (Å²) in [4.78, 5) is 74.1. The molecule has 2 aliphatic carbocycles. The number of amides is 4. The molecule has 10 rings (SSSR count). The number of nitrogens with one attached hydrogen (secondary N) is 4. The molecule has 6 fully saturated rings. The molecule has 4 N–H and O–H groups in total. The number of alkyl carbamates (subject to hydrolysis) is 2. The minimum Gasteiger partial charge on any atom is -0.453 e. The zero-order valence-corrected chi connectivity index (χ0v) is 36.8. The highest BCUT2D eigenvalue weighted by Crippen LogP contribution is 2.54. The van der Waals surface area contributed by atoms with Crippen molar-refractivity contribution in [1.29, 1.82) is 0 Å². The lowest BCUT2D eigenvalue weighted by atomic mass is 9.79. The molecule has 4 aliphatic heterocycles. The van der Waals surface area contributed by atoms with E-state index in [1.807, 2.05) is 70.7 Å². The summed E-state index contributed by atoms with van der Waals surface area (Å²) >= 11 is 0. The van der Waals surface area contributed by atoms with Gasteiger partial charge in [-0.25, -0.2) is 19.6 Å². The number of hydrogen-bond acceptors (Lipinski definition) is 10. The van der Waals surface area contributed by atoms with E-state index >= 15 is 0 Å². The average Bonchev–Trinajstić information content (AvgIpc) is 3.75. The number of carbonyl (C=O) groups is 4. The van der Waals surface area contributed by atoms with Gasteiger partial charge in [0.25, 0.3) is 0 Å². The average molecular weight is 885 g/mol. The number of benzene rings is 2. The topological polar surface area (TPSA) is 193 Å². The van der Waals surface area contributed by atoms with Crippen LogP contribution in [0.25, 0.3) is 22.5 Å². The van der Waals surface area contributed by atoms with E-state index in [1.54, 1.807) is 0 Å². The van der Waals surface area contributed by atoms with Gasteiger partial charge in [-0.3, -0.25) is 9.59 Å². The van der Waals surface area contributed by atoms with E-state index in [0.717, 1.165) is 77.4 Å². The Kier molecular flexibility index (Phi) is 12.1. The Hall–Kier alpha value is -6.18. The summed E-state index contributed by atoms with van der Waals surface area (Å²) in [5.41, 5.74) is 5.19. The summed E-state index contributed by atoms with van der Waals surface area (Å²) in [6, 6.07) is 14.4. The summed E-state index contributed by atoms with van der Waals surface area (Å²) in [6.45, 7) is 2.23. The molecule has 16 heteroatoms. The fraction of sp³-hybridized carbons (Fsp3) is 0.510. The van der Waals surface area contributed by atoms with Gasteiger partial charge in [-0.1, -0.05) is 36.1 Å². The molecule has 4 saturated heterocycles. The van der Waals surface area contributed by atoms with Gasteiger partial charge in [0.1, 0.15) is 23.7 Å². The first-order valence-corrected chi connectivity index (χ1v) is 23.1. The first kappa shape index (κ1) is 42.8. The number of aromatic amines is 2. The Morgan fingerprint density at radius 1 is 0.646 bits per heavy atom. The molecule has 1 unspecified atom stereocenters. The van der Waals surface area contributed by atoms with Gasteiger partial charge >= 0.3 is 12.2 Å². The molecule has 65 heavy (non-hydrogen) atoms. The van der Waals surface area contributed by atoms with Crippen LogP contribution in [0, 0.1) is 35.5 Å². The Bertz CT molecular complexity index is 2480. The van der Waals surface area contributed by atoms with E-state index in [-0.39, 0.29) is 47.8 Å². The molecule has 0 bridgehead atoms. The van der Waals surface area contributed by atoms with Gasteiger partial charge in [0.2, 0.25) is 11.8 Å². The van der Waals surface area contributed by atoms with Crippen LogP contribution < -0.4 is 10.6 Å². The Labute approximate surface area is 377 Å². The summed E-state index contributed by atoms with van der Waals surface area (Å²) in [5, 5.41) is 5.72. The predicted molar refractivity (Wildman–Crippen MR) is 237 cm³/mol. The van der Waals surface area contributed by atoms with Gasteiger partial charge in [-0.2, -0.15) is 0 Å². The molecule has 16 nitrogen and oxygen atoms in total. The third kappa shape index (κ3) is 8.71. The zero-order chi connectivity index (χ0) is 44.6. The molecule has 340 valence electrons. The maximum atomic E-state index is 14.4. The molecule has 2 aromatic carbocycles. The van der Waals surface area contributed by atoms with Gasteiger partial charge in [-0.05, 0) is 106 Å². The van der Waals surface area contributed by atoms with Crippen molar-refractivity contribution in [3.63, 3.8) is 0 Å². The van der Waals surface area contributed by atoms with Crippen LogP contribution in [0.2, 0.25) is 0 Å². The number of hydrogen-bond donors (Lipinski definition) is 4. The van der Waals surface area contributed by atoms with Crippen LogP contribution >= 0.6 is 0 Å². The van der Waals surface area contributed by atoms with Crippen LogP contribution in [-0.4, -0.2) is 119 Å². The second kappa shape index (κ2) is 18.4. The quantitative estimate of drug-likeness (QED) is 0.140. The molecule has 6 heterocycles. The van der Waals surface area contributed by atoms with Gasteiger partial charge in [0, 0.05) is 60.8 Å². The van der Waals surface area contributed by atoms with Crippen LogP contribution in [0.3, 0.4) is 0 Å². The maximum absolute atomic E-state index is 14.4. The smallest absolute Gasteiger partial charge is 0.407 e. The van der Waals surface area contributed by atoms with Crippen molar-refractivity contribution in [2.24, 2.45) is 23.7 Å². The Morgan fingerprint density at radius 2 is 1.12 bits per heavy atom. The number of methoxy groups -OCH3 is 2. The minimum atomic E-state index is -0.694. The van der Waals surface area contributed by atoms with E-state index in [2.05, 4.69) is 32.4 Å². The molecule has 0 radical (unpaired) electrons. The first-order valence-electron chi connectivity index (χ1n) is 23.1. The number of carbonyl (C=O) groups excluding carboxylic acids is 4. The Balaban J connectivity index is 0.832. The number of rotatable bonds is 10. The van der Waals surface area contributed by atoms with Crippen LogP contribution in [-0.2, 0) is 28.5 Å². The summed E-state index contributed by atoms with van der Waals surface area (Å²) in [7, 11) is 2.63. The number of fused-ring (bicyclic) bond motifs is 2. The van der Waals surface area contributed by atoms with Crippen molar-refractivity contribution in [1.82, 2.24) is 40.4 Å². The number of imidazole rings is 2. The van der Waals surface area contributed by atoms with Crippen molar-refractivity contribution < 1.29 is 38.1 Å². The van der Waals surface area contributed by atoms with Gasteiger partial charge in [0.15, 0.2) is 0 Å². The summed E-state index contributed by atoms with van der Waals surface area (Å²) < 4.78 is 21.0. The van der Waals surface area contributed by atoms with E-state index in [1.165, 1.54) is 14.2 Å². The van der Waals surface area contributed by atoms with E-state index in [0.29, 0.717) is 63.9 Å². The molecule has 4 aromatic rings. The highest BCUT2D eigenvalue weighted by atomic mass is 16.5. The lowest BCUT2D eigenvalue weighted by Crippen LogP contribution is -2.56. The zero-order valence-electron chi connectivity index (χ0n) is 36.8. The van der Waals surface area contributed by atoms with Crippen molar-refractivity contribution >= 4 is 24.0 Å². The third-order valence-corrected chi connectivity index (χ3v) is 14.7. The van der Waals surface area contributed by atoms with Gasteiger partial charge < -0.3 is 49.3 Å². The second-order valence-corrected chi connectivity index (χ2v) is 18.4. The molecule has 8 atom stereocenters. The van der Waals surface area contributed by atoms with Gasteiger partial charge in [-0.15, -0.1) is 0 Å². The first-order chi connectivity index (χ1) is 31.8. The molecule has 2 saturated carbocycles. The monoisotopic (exact) mass is 884 g/mol. The summed E-state index contributed by atoms with van der Waals surface area (Å²) in [5.74, 6) is 8.73. The second-order valence-electron chi connectivity index (χ2n) is 18.4. The predicted octanol–water partition coefficient (Wildman–Crippen LogP) is 5.88. The minimum absolute atomic E-state index is 0.0341. The highest BCUT2D eigenvalue weighted by molar-refractivity contribution is 5.88. The fourth-order valence-corrected chi connectivity index (χ4v) is 10.9. The third-order valence-electron chi connectivity index (χ3n) is 14.7. The normalized spacial score (nSPS) is 25.8. The molecular weight excluding hydrogens is 829 g/mol. The van der Waals surface area contributed by atoms with Crippen molar-refractivity contribution in [3.05, 3.63) is 83.7 Å². The van der Waals surface area contributed by atoms with Crippen molar-refractivity contribution in [2.45, 2.75) is 94.0 Å². The molecule has 4 amide bonds. The number of H-pyrrole nitrogens is 2. The fourth-order valence-electron chi connectivity index (χ4n) is 10.9. The largest absolute Gasteiger partial charge is 0.453 e. The number of ether oxygens (including phenoxy) is 4. The van der Waals surface area contributed by atoms with Crippen molar-refractivity contribution in [2.75, 3.05) is 40.6 Å².